The number of ether oxygens (including phenoxy) is 2. The Bertz CT molecular complexity index is 920. The maximum Gasteiger partial charge on any atom is 0.337 e. The highest BCUT2D eigenvalue weighted by Crippen LogP contribution is 2.31. The summed E-state index contributed by atoms with van der Waals surface area (Å²) < 4.78 is 11.7. The SMILES string of the molecule is CCCC(CC(C)C)Oc1ccc(/C=C/C(=O)Nc2ccccc2C(=O)O)cc1OC. The summed E-state index contributed by atoms with van der Waals surface area (Å²) in [5.41, 5.74) is 1.05. The van der Waals surface area contributed by atoms with Crippen molar-refractivity contribution in [3.63, 3.8) is 0 Å². The van der Waals surface area contributed by atoms with Crippen LogP contribution < -0.4 is 14.8 Å². The molecule has 0 aromatic heterocycles. The van der Waals surface area contributed by atoms with E-state index in [2.05, 4.69) is 26.1 Å². The number of benzene rings is 2. The van der Waals surface area contributed by atoms with Crippen LogP contribution in [0.5, 0.6) is 11.5 Å². The fourth-order valence-corrected chi connectivity index (χ4v) is 3.26. The number of anilines is 1. The number of hydrogen-bond donors (Lipinski definition) is 2. The van der Waals surface area contributed by atoms with Gasteiger partial charge in [-0.15, -0.1) is 0 Å². The Morgan fingerprint density at radius 2 is 1.87 bits per heavy atom. The summed E-state index contributed by atoms with van der Waals surface area (Å²) in [6.45, 7) is 6.50. The number of carbonyl (C=O) groups excluding carboxylic acids is 1. The Morgan fingerprint density at radius 1 is 1.13 bits per heavy atom. The van der Waals surface area contributed by atoms with E-state index in [9.17, 15) is 14.7 Å². The van der Waals surface area contributed by atoms with E-state index in [1.165, 1.54) is 12.1 Å². The summed E-state index contributed by atoms with van der Waals surface area (Å²) in [5.74, 6) is 0.295. The zero-order chi connectivity index (χ0) is 22.8. The van der Waals surface area contributed by atoms with Crippen LogP contribution in [0.15, 0.2) is 48.5 Å². The molecule has 31 heavy (non-hydrogen) atoms. The first-order chi connectivity index (χ1) is 14.8. The molecular weight excluding hydrogens is 394 g/mol. The number of nitrogens with one attached hydrogen (secondary N) is 1. The van der Waals surface area contributed by atoms with Gasteiger partial charge in [0.05, 0.1) is 24.5 Å². The van der Waals surface area contributed by atoms with Gasteiger partial charge in [-0.1, -0.05) is 45.4 Å². The van der Waals surface area contributed by atoms with Gasteiger partial charge in [0.2, 0.25) is 5.91 Å². The van der Waals surface area contributed by atoms with Gasteiger partial charge in [-0.05, 0) is 54.7 Å². The van der Waals surface area contributed by atoms with E-state index in [1.807, 2.05) is 18.2 Å². The van der Waals surface area contributed by atoms with Crippen molar-refractivity contribution in [2.45, 2.75) is 46.1 Å². The van der Waals surface area contributed by atoms with E-state index >= 15 is 0 Å². The summed E-state index contributed by atoms with van der Waals surface area (Å²) in [7, 11) is 1.59. The van der Waals surface area contributed by atoms with Gasteiger partial charge in [0.1, 0.15) is 0 Å². The second-order valence-corrected chi connectivity index (χ2v) is 7.74. The van der Waals surface area contributed by atoms with E-state index in [-0.39, 0.29) is 17.4 Å². The number of aromatic carboxylic acids is 1. The molecule has 0 aliphatic rings. The van der Waals surface area contributed by atoms with Crippen molar-refractivity contribution >= 4 is 23.6 Å². The summed E-state index contributed by atoms with van der Waals surface area (Å²) in [6.07, 6.45) is 6.11. The van der Waals surface area contributed by atoms with Crippen molar-refractivity contribution in [3.8, 4) is 11.5 Å². The molecular formula is C25H31NO5. The molecule has 2 N–H and O–H groups in total. The van der Waals surface area contributed by atoms with E-state index in [1.54, 1.807) is 31.4 Å². The topological polar surface area (TPSA) is 84.9 Å². The van der Waals surface area contributed by atoms with Crippen LogP contribution in [0.3, 0.4) is 0 Å². The first-order valence-corrected chi connectivity index (χ1v) is 10.5. The highest BCUT2D eigenvalue weighted by Gasteiger charge is 2.15. The van der Waals surface area contributed by atoms with Crippen LogP contribution in [0.2, 0.25) is 0 Å². The quantitative estimate of drug-likeness (QED) is 0.455. The zero-order valence-electron chi connectivity index (χ0n) is 18.6. The molecule has 1 unspecified atom stereocenters. The predicted molar refractivity (Wildman–Crippen MR) is 123 cm³/mol. The minimum atomic E-state index is -1.10. The van der Waals surface area contributed by atoms with E-state index in [0.29, 0.717) is 17.4 Å². The Morgan fingerprint density at radius 3 is 2.52 bits per heavy atom. The van der Waals surface area contributed by atoms with E-state index in [0.717, 1.165) is 24.8 Å². The van der Waals surface area contributed by atoms with Gasteiger partial charge in [-0.3, -0.25) is 4.79 Å². The van der Waals surface area contributed by atoms with Gasteiger partial charge < -0.3 is 19.9 Å². The zero-order valence-corrected chi connectivity index (χ0v) is 18.6. The highest BCUT2D eigenvalue weighted by atomic mass is 16.5. The molecule has 0 aliphatic carbocycles. The number of carbonyl (C=O) groups is 2. The number of carboxylic acid groups (broad SMARTS) is 1. The van der Waals surface area contributed by atoms with Gasteiger partial charge in [0, 0.05) is 6.08 Å². The van der Waals surface area contributed by atoms with Crippen LogP contribution in [-0.4, -0.2) is 30.2 Å². The lowest BCUT2D eigenvalue weighted by Gasteiger charge is -2.22. The maximum absolute atomic E-state index is 12.3. The van der Waals surface area contributed by atoms with Gasteiger partial charge >= 0.3 is 5.97 Å². The second-order valence-electron chi connectivity index (χ2n) is 7.74. The minimum absolute atomic E-state index is 0.0375. The third-order valence-electron chi connectivity index (χ3n) is 4.67. The largest absolute Gasteiger partial charge is 0.493 e. The Hall–Kier alpha value is -3.28. The molecule has 1 amide bonds. The molecule has 0 saturated heterocycles. The molecule has 0 radical (unpaired) electrons. The van der Waals surface area contributed by atoms with Gasteiger partial charge in [0.15, 0.2) is 11.5 Å². The molecule has 0 bridgehead atoms. The second kappa shape index (κ2) is 11.8. The average Bonchev–Trinajstić information content (AvgIpc) is 2.73. The molecule has 1 atom stereocenters. The monoisotopic (exact) mass is 425 g/mol. The Balaban J connectivity index is 2.11. The third kappa shape index (κ3) is 7.48. The minimum Gasteiger partial charge on any atom is -0.493 e. The molecule has 0 fully saturated rings. The normalized spacial score (nSPS) is 12.0. The Labute approximate surface area is 183 Å². The molecule has 2 rings (SSSR count). The summed E-state index contributed by atoms with van der Waals surface area (Å²) >= 11 is 0. The molecule has 2 aromatic rings. The number of hydrogen-bond acceptors (Lipinski definition) is 4. The number of methoxy groups -OCH3 is 1. The van der Waals surface area contributed by atoms with E-state index < -0.39 is 11.9 Å². The van der Waals surface area contributed by atoms with Crippen molar-refractivity contribution < 1.29 is 24.2 Å². The van der Waals surface area contributed by atoms with Crippen LogP contribution >= 0.6 is 0 Å². The van der Waals surface area contributed by atoms with Crippen molar-refractivity contribution in [2.75, 3.05) is 12.4 Å². The number of rotatable bonds is 11. The average molecular weight is 426 g/mol. The van der Waals surface area contributed by atoms with Gasteiger partial charge in [0.25, 0.3) is 0 Å². The van der Waals surface area contributed by atoms with Crippen molar-refractivity contribution in [1.82, 2.24) is 0 Å². The molecule has 2 aromatic carbocycles. The molecule has 0 spiro atoms. The van der Waals surface area contributed by atoms with Crippen LogP contribution in [-0.2, 0) is 4.79 Å². The summed E-state index contributed by atoms with van der Waals surface area (Å²) in [6, 6.07) is 11.8. The first kappa shape index (κ1) is 24.0. The fraction of sp³-hybridized carbons (Fsp3) is 0.360. The van der Waals surface area contributed by atoms with E-state index in [4.69, 9.17) is 9.47 Å². The van der Waals surface area contributed by atoms with Crippen LogP contribution in [0.1, 0.15) is 56.0 Å². The maximum atomic E-state index is 12.3. The number of carboxylic acids is 1. The lowest BCUT2D eigenvalue weighted by molar-refractivity contribution is -0.111. The molecule has 0 saturated carbocycles. The summed E-state index contributed by atoms with van der Waals surface area (Å²) in [4.78, 5) is 23.5. The number of amides is 1. The molecule has 6 heteroatoms. The third-order valence-corrected chi connectivity index (χ3v) is 4.67. The predicted octanol–water partition coefficient (Wildman–Crippen LogP) is 5.64. The first-order valence-electron chi connectivity index (χ1n) is 10.5. The van der Waals surface area contributed by atoms with Crippen molar-refractivity contribution in [3.05, 3.63) is 59.7 Å². The standard InChI is InChI=1S/C25H31NO5/c1-5-8-19(15-17(2)3)31-22-13-11-18(16-23(22)30-4)12-14-24(27)26-21-10-7-6-9-20(21)25(28)29/h6-7,9-14,16-17,19H,5,8,15H2,1-4H3,(H,26,27)(H,28,29)/b14-12+. The number of para-hydroxylation sites is 1. The van der Waals surface area contributed by atoms with Crippen molar-refractivity contribution in [2.24, 2.45) is 5.92 Å². The highest BCUT2D eigenvalue weighted by molar-refractivity contribution is 6.06. The van der Waals surface area contributed by atoms with Crippen LogP contribution in [0.4, 0.5) is 5.69 Å². The van der Waals surface area contributed by atoms with Gasteiger partial charge in [-0.2, -0.15) is 0 Å². The lowest BCUT2D eigenvalue weighted by atomic mass is 10.0. The smallest absolute Gasteiger partial charge is 0.337 e. The molecule has 6 nitrogen and oxygen atoms in total. The Kier molecular flexibility index (Phi) is 9.13. The molecule has 166 valence electrons. The van der Waals surface area contributed by atoms with Crippen LogP contribution in [0, 0.1) is 5.92 Å². The van der Waals surface area contributed by atoms with Crippen molar-refractivity contribution in [1.29, 1.82) is 0 Å². The lowest BCUT2D eigenvalue weighted by Crippen LogP contribution is -2.19. The fourth-order valence-electron chi connectivity index (χ4n) is 3.26. The molecule has 0 aliphatic heterocycles. The van der Waals surface area contributed by atoms with Crippen LogP contribution in [0.25, 0.3) is 6.08 Å². The van der Waals surface area contributed by atoms with Gasteiger partial charge in [-0.25, -0.2) is 4.79 Å². The molecule has 0 heterocycles. The summed E-state index contributed by atoms with van der Waals surface area (Å²) in [5, 5.41) is 11.8.